The van der Waals surface area contributed by atoms with Gasteiger partial charge >= 0.3 is 0 Å². The van der Waals surface area contributed by atoms with Gasteiger partial charge in [-0.3, -0.25) is 4.79 Å². The number of thiazole rings is 1. The first-order chi connectivity index (χ1) is 11.2. The van der Waals surface area contributed by atoms with Crippen LogP contribution in [0.4, 0.5) is 0 Å². The highest BCUT2D eigenvalue weighted by Crippen LogP contribution is 2.18. The van der Waals surface area contributed by atoms with Crippen molar-refractivity contribution in [2.75, 3.05) is 20.1 Å². The van der Waals surface area contributed by atoms with E-state index in [1.807, 2.05) is 24.6 Å². The molecule has 0 radical (unpaired) electrons. The highest BCUT2D eigenvalue weighted by molar-refractivity contribution is 7.09. The summed E-state index contributed by atoms with van der Waals surface area (Å²) < 4.78 is 5.64. The number of hydrogen-bond donors (Lipinski definition) is 2. The van der Waals surface area contributed by atoms with Gasteiger partial charge in [-0.2, -0.15) is 0 Å². The molecule has 0 atom stereocenters. The molecule has 1 aromatic heterocycles. The number of carbonyl (C=O) groups is 1. The molecular weight excluding hydrogens is 334 g/mol. The van der Waals surface area contributed by atoms with E-state index < -0.39 is 0 Å². The molecular formula is C16H20ClN3O2S. The van der Waals surface area contributed by atoms with Crippen molar-refractivity contribution in [2.24, 2.45) is 0 Å². The Morgan fingerprint density at radius 3 is 2.83 bits per heavy atom. The minimum absolute atomic E-state index is 0.00317. The quantitative estimate of drug-likeness (QED) is 0.680. The van der Waals surface area contributed by atoms with Crippen LogP contribution in [-0.2, 0) is 17.8 Å². The number of rotatable bonds is 9. The summed E-state index contributed by atoms with van der Waals surface area (Å²) in [5.41, 5.74) is 0.774. The number of hydrogen-bond acceptors (Lipinski definition) is 5. The Labute approximate surface area is 145 Å². The lowest BCUT2D eigenvalue weighted by Crippen LogP contribution is -2.28. The Balaban J connectivity index is 1.74. The lowest BCUT2D eigenvalue weighted by atomic mass is 10.3. The van der Waals surface area contributed by atoms with E-state index in [1.165, 1.54) is 11.3 Å². The normalized spacial score (nSPS) is 10.5. The van der Waals surface area contributed by atoms with Crippen LogP contribution >= 0.6 is 22.9 Å². The van der Waals surface area contributed by atoms with Gasteiger partial charge in [0.15, 0.2) is 0 Å². The molecule has 2 N–H and O–H groups in total. The van der Waals surface area contributed by atoms with Gasteiger partial charge < -0.3 is 15.4 Å². The van der Waals surface area contributed by atoms with E-state index in [-0.39, 0.29) is 5.91 Å². The third-order valence-electron chi connectivity index (χ3n) is 3.04. The third-order valence-corrected chi connectivity index (χ3v) is 4.17. The molecule has 5 nitrogen and oxygen atoms in total. The predicted molar refractivity (Wildman–Crippen MR) is 93.2 cm³/mol. The maximum atomic E-state index is 11.8. The molecule has 1 heterocycles. The molecule has 124 valence electrons. The number of nitrogens with zero attached hydrogens (tertiary/aromatic N) is 1. The Kier molecular flexibility index (Phi) is 7.32. The van der Waals surface area contributed by atoms with E-state index in [4.69, 9.17) is 16.3 Å². The molecule has 0 fully saturated rings. The molecule has 1 aromatic carbocycles. The number of carbonyl (C=O) groups excluding carboxylic acids is 1. The van der Waals surface area contributed by atoms with Crippen LogP contribution in [0, 0.1) is 0 Å². The van der Waals surface area contributed by atoms with Crippen LogP contribution in [0.1, 0.15) is 17.1 Å². The standard InChI is InChI=1S/C16H20ClN3O2S/c1-18-7-2-8-19-15(21)9-13-11-23-16(20-13)10-22-14-5-3-12(17)4-6-14/h3-6,11,18H,2,7-10H2,1H3,(H,19,21). The van der Waals surface area contributed by atoms with Crippen LogP contribution in [0.15, 0.2) is 29.6 Å². The molecule has 2 aromatic rings. The molecule has 7 heteroatoms. The molecule has 0 unspecified atom stereocenters. The number of benzene rings is 1. The molecule has 0 aliphatic rings. The zero-order valence-corrected chi connectivity index (χ0v) is 14.5. The van der Waals surface area contributed by atoms with Crippen molar-refractivity contribution >= 4 is 28.8 Å². The summed E-state index contributed by atoms with van der Waals surface area (Å²) in [4.78, 5) is 16.2. The summed E-state index contributed by atoms with van der Waals surface area (Å²) in [5, 5.41) is 9.34. The Morgan fingerprint density at radius 1 is 1.30 bits per heavy atom. The second-order valence-corrected chi connectivity index (χ2v) is 6.34. The summed E-state index contributed by atoms with van der Waals surface area (Å²) in [5.74, 6) is 0.741. The highest BCUT2D eigenvalue weighted by atomic mass is 35.5. The number of halogens is 1. The summed E-state index contributed by atoms with van der Waals surface area (Å²) in [7, 11) is 1.89. The van der Waals surface area contributed by atoms with Crippen molar-refractivity contribution < 1.29 is 9.53 Å². The molecule has 0 spiro atoms. The zero-order chi connectivity index (χ0) is 16.5. The Morgan fingerprint density at radius 2 is 2.09 bits per heavy atom. The van der Waals surface area contributed by atoms with Crippen LogP contribution in [-0.4, -0.2) is 31.0 Å². The fraction of sp³-hybridized carbons (Fsp3) is 0.375. The van der Waals surface area contributed by atoms with Crippen molar-refractivity contribution in [3.8, 4) is 5.75 Å². The number of amides is 1. The number of ether oxygens (including phenoxy) is 1. The van der Waals surface area contributed by atoms with Gasteiger partial charge in [-0.15, -0.1) is 11.3 Å². The van der Waals surface area contributed by atoms with Crippen molar-refractivity contribution in [3.63, 3.8) is 0 Å². The lowest BCUT2D eigenvalue weighted by Gasteiger charge is -2.04. The van der Waals surface area contributed by atoms with Crippen molar-refractivity contribution in [1.29, 1.82) is 0 Å². The molecule has 0 aliphatic carbocycles. The van der Waals surface area contributed by atoms with E-state index in [0.717, 1.165) is 29.4 Å². The highest BCUT2D eigenvalue weighted by Gasteiger charge is 2.08. The van der Waals surface area contributed by atoms with E-state index >= 15 is 0 Å². The van der Waals surface area contributed by atoms with Crippen LogP contribution < -0.4 is 15.4 Å². The summed E-state index contributed by atoms with van der Waals surface area (Å²) in [6.45, 7) is 1.95. The van der Waals surface area contributed by atoms with Gasteiger partial charge in [0.2, 0.25) is 5.91 Å². The molecule has 0 aliphatic heterocycles. The molecule has 1 amide bonds. The van der Waals surface area contributed by atoms with Crippen molar-refractivity contribution in [1.82, 2.24) is 15.6 Å². The van der Waals surface area contributed by atoms with E-state index in [1.54, 1.807) is 12.1 Å². The predicted octanol–water partition coefficient (Wildman–Crippen LogP) is 2.64. The summed E-state index contributed by atoms with van der Waals surface area (Å²) in [6.07, 6.45) is 1.22. The van der Waals surface area contributed by atoms with Gasteiger partial charge in [0, 0.05) is 16.9 Å². The SMILES string of the molecule is CNCCCNC(=O)Cc1csc(COc2ccc(Cl)cc2)n1. The van der Waals surface area contributed by atoms with Gasteiger partial charge in [-0.05, 0) is 44.3 Å². The van der Waals surface area contributed by atoms with E-state index in [9.17, 15) is 4.79 Å². The smallest absolute Gasteiger partial charge is 0.226 e. The van der Waals surface area contributed by atoms with Crippen molar-refractivity contribution in [2.45, 2.75) is 19.4 Å². The topological polar surface area (TPSA) is 63.2 Å². The molecule has 2 rings (SSSR count). The fourth-order valence-corrected chi connectivity index (χ4v) is 2.72. The fourth-order valence-electron chi connectivity index (χ4n) is 1.89. The van der Waals surface area contributed by atoms with Crippen LogP contribution in [0.3, 0.4) is 0 Å². The first-order valence-electron chi connectivity index (χ1n) is 7.40. The third kappa shape index (κ3) is 6.56. The van der Waals surface area contributed by atoms with Gasteiger partial charge in [0.25, 0.3) is 0 Å². The average Bonchev–Trinajstić information content (AvgIpc) is 2.98. The minimum atomic E-state index is -0.00317. The van der Waals surface area contributed by atoms with E-state index in [0.29, 0.717) is 24.6 Å². The van der Waals surface area contributed by atoms with Crippen LogP contribution in [0.2, 0.25) is 5.02 Å². The van der Waals surface area contributed by atoms with Gasteiger partial charge in [0.05, 0.1) is 12.1 Å². The van der Waals surface area contributed by atoms with Gasteiger partial charge in [-0.1, -0.05) is 11.6 Å². The molecule has 0 bridgehead atoms. The number of aromatic nitrogens is 1. The Bertz CT molecular complexity index is 616. The number of nitrogens with one attached hydrogen (secondary N) is 2. The molecule has 0 saturated heterocycles. The first-order valence-corrected chi connectivity index (χ1v) is 8.66. The second-order valence-electron chi connectivity index (χ2n) is 4.96. The minimum Gasteiger partial charge on any atom is -0.486 e. The maximum absolute atomic E-state index is 11.8. The van der Waals surface area contributed by atoms with Crippen LogP contribution in [0.25, 0.3) is 0 Å². The summed E-state index contributed by atoms with van der Waals surface area (Å²) in [6, 6.07) is 7.19. The van der Waals surface area contributed by atoms with E-state index in [2.05, 4.69) is 15.6 Å². The average molecular weight is 354 g/mol. The van der Waals surface area contributed by atoms with Crippen LogP contribution in [0.5, 0.6) is 5.75 Å². The molecule has 23 heavy (non-hydrogen) atoms. The largest absolute Gasteiger partial charge is 0.486 e. The monoisotopic (exact) mass is 353 g/mol. The summed E-state index contributed by atoms with van der Waals surface area (Å²) >= 11 is 7.32. The Hall–Kier alpha value is -1.63. The maximum Gasteiger partial charge on any atom is 0.226 e. The zero-order valence-electron chi connectivity index (χ0n) is 13.0. The lowest BCUT2D eigenvalue weighted by molar-refractivity contribution is -0.120. The van der Waals surface area contributed by atoms with Gasteiger partial charge in [-0.25, -0.2) is 4.98 Å². The first kappa shape index (κ1) is 17.7. The van der Waals surface area contributed by atoms with Crippen molar-refractivity contribution in [3.05, 3.63) is 45.4 Å². The van der Waals surface area contributed by atoms with Gasteiger partial charge in [0.1, 0.15) is 17.4 Å². The molecule has 0 saturated carbocycles. The second kappa shape index (κ2) is 9.50.